The number of hydrogen-bond donors (Lipinski definition) is 2. The molecule has 0 aliphatic carbocycles. The summed E-state index contributed by atoms with van der Waals surface area (Å²) in [7, 11) is 0. The van der Waals surface area contributed by atoms with Gasteiger partial charge in [0.2, 0.25) is 11.8 Å². The molecule has 2 amide bonds. The van der Waals surface area contributed by atoms with Crippen LogP contribution in [0.5, 0.6) is 0 Å². The smallest absolute Gasteiger partial charge is 0.227 e. The Labute approximate surface area is 115 Å². The highest BCUT2D eigenvalue weighted by Crippen LogP contribution is 2.03. The van der Waals surface area contributed by atoms with Gasteiger partial charge in [-0.05, 0) is 24.1 Å². The fraction of sp³-hybridized carbons (Fsp3) is 0.385. The fourth-order valence-corrected chi connectivity index (χ4v) is 2.10. The van der Waals surface area contributed by atoms with Gasteiger partial charge in [-0.1, -0.05) is 12.1 Å². The van der Waals surface area contributed by atoms with Gasteiger partial charge in [-0.15, -0.1) is 0 Å². The number of primary amides is 1. The third-order valence-corrected chi connectivity index (χ3v) is 3.35. The van der Waals surface area contributed by atoms with E-state index in [1.165, 1.54) is 23.9 Å². The molecule has 104 valence electrons. The first-order chi connectivity index (χ1) is 9.08. The van der Waals surface area contributed by atoms with Crippen molar-refractivity contribution in [2.75, 3.05) is 18.1 Å². The average molecular weight is 284 g/mol. The summed E-state index contributed by atoms with van der Waals surface area (Å²) in [5.74, 6) is 0.119. The van der Waals surface area contributed by atoms with Crippen molar-refractivity contribution < 1.29 is 14.0 Å². The van der Waals surface area contributed by atoms with Gasteiger partial charge >= 0.3 is 0 Å². The summed E-state index contributed by atoms with van der Waals surface area (Å²) in [5.41, 5.74) is 5.95. The van der Waals surface area contributed by atoms with Crippen molar-refractivity contribution in [3.8, 4) is 0 Å². The van der Waals surface area contributed by atoms with E-state index in [2.05, 4.69) is 5.32 Å². The van der Waals surface area contributed by atoms with Gasteiger partial charge in [0.1, 0.15) is 5.82 Å². The Morgan fingerprint density at radius 1 is 1.26 bits per heavy atom. The van der Waals surface area contributed by atoms with Crippen LogP contribution in [0.4, 0.5) is 4.39 Å². The van der Waals surface area contributed by atoms with E-state index < -0.39 is 0 Å². The normalized spacial score (nSPS) is 10.2. The van der Waals surface area contributed by atoms with Gasteiger partial charge < -0.3 is 11.1 Å². The van der Waals surface area contributed by atoms with Crippen molar-refractivity contribution in [3.63, 3.8) is 0 Å². The number of amides is 2. The SMILES string of the molecule is NC(=O)CSCCC(=O)NCCc1ccc(F)cc1. The van der Waals surface area contributed by atoms with Crippen LogP contribution in [0, 0.1) is 5.82 Å². The maximum atomic E-state index is 12.7. The highest BCUT2D eigenvalue weighted by atomic mass is 32.2. The van der Waals surface area contributed by atoms with E-state index >= 15 is 0 Å². The molecule has 0 saturated carbocycles. The lowest BCUT2D eigenvalue weighted by Gasteiger charge is -2.05. The first-order valence-electron chi connectivity index (χ1n) is 5.95. The van der Waals surface area contributed by atoms with Crippen molar-refractivity contribution in [1.82, 2.24) is 5.32 Å². The quantitative estimate of drug-likeness (QED) is 0.702. The summed E-state index contributed by atoms with van der Waals surface area (Å²) in [6.07, 6.45) is 1.03. The second-order valence-electron chi connectivity index (χ2n) is 4.00. The van der Waals surface area contributed by atoms with E-state index in [0.717, 1.165) is 5.56 Å². The topological polar surface area (TPSA) is 72.2 Å². The summed E-state index contributed by atoms with van der Waals surface area (Å²) in [4.78, 5) is 21.9. The Hall–Kier alpha value is -1.56. The number of nitrogens with one attached hydrogen (secondary N) is 1. The van der Waals surface area contributed by atoms with Crippen LogP contribution < -0.4 is 11.1 Å². The van der Waals surface area contributed by atoms with Crippen molar-refractivity contribution in [2.45, 2.75) is 12.8 Å². The highest BCUT2D eigenvalue weighted by molar-refractivity contribution is 7.99. The minimum Gasteiger partial charge on any atom is -0.369 e. The largest absolute Gasteiger partial charge is 0.369 e. The molecule has 0 atom stereocenters. The van der Waals surface area contributed by atoms with Crippen molar-refractivity contribution in [1.29, 1.82) is 0 Å². The molecule has 4 nitrogen and oxygen atoms in total. The lowest BCUT2D eigenvalue weighted by Crippen LogP contribution is -2.26. The van der Waals surface area contributed by atoms with Gasteiger partial charge in [0.15, 0.2) is 0 Å². The molecule has 0 fully saturated rings. The van der Waals surface area contributed by atoms with Crippen molar-refractivity contribution >= 4 is 23.6 Å². The van der Waals surface area contributed by atoms with Crippen LogP contribution in [-0.2, 0) is 16.0 Å². The summed E-state index contributed by atoms with van der Waals surface area (Å²) in [6.45, 7) is 0.519. The molecule has 0 aliphatic rings. The van der Waals surface area contributed by atoms with Gasteiger partial charge in [-0.2, -0.15) is 11.8 Å². The lowest BCUT2D eigenvalue weighted by atomic mass is 10.1. The maximum absolute atomic E-state index is 12.7. The standard InChI is InChI=1S/C13H17FN2O2S/c14-11-3-1-10(2-4-11)5-7-16-13(18)6-8-19-9-12(15)17/h1-4H,5-9H2,(H2,15,17)(H,16,18). The molecular formula is C13H17FN2O2S. The first kappa shape index (κ1) is 15.5. The van der Waals surface area contributed by atoms with Crippen LogP contribution >= 0.6 is 11.8 Å². The third kappa shape index (κ3) is 7.46. The van der Waals surface area contributed by atoms with E-state index in [1.54, 1.807) is 12.1 Å². The Balaban J connectivity index is 2.10. The van der Waals surface area contributed by atoms with E-state index in [-0.39, 0.29) is 23.4 Å². The van der Waals surface area contributed by atoms with Crippen molar-refractivity contribution in [2.24, 2.45) is 5.73 Å². The first-order valence-corrected chi connectivity index (χ1v) is 7.10. The molecule has 1 aromatic carbocycles. The zero-order chi connectivity index (χ0) is 14.1. The van der Waals surface area contributed by atoms with Crippen LogP contribution in [0.25, 0.3) is 0 Å². The molecule has 0 aliphatic heterocycles. The Morgan fingerprint density at radius 2 is 1.95 bits per heavy atom. The molecule has 1 rings (SSSR count). The minimum absolute atomic E-state index is 0.0564. The molecule has 3 N–H and O–H groups in total. The molecule has 0 unspecified atom stereocenters. The monoisotopic (exact) mass is 284 g/mol. The van der Waals surface area contributed by atoms with Crippen molar-refractivity contribution in [3.05, 3.63) is 35.6 Å². The molecule has 1 aromatic rings. The number of carbonyl (C=O) groups excluding carboxylic acids is 2. The molecule has 0 spiro atoms. The number of hydrogen-bond acceptors (Lipinski definition) is 3. The van der Waals surface area contributed by atoms with Crippen LogP contribution in [0.15, 0.2) is 24.3 Å². The second-order valence-corrected chi connectivity index (χ2v) is 5.10. The fourth-order valence-electron chi connectivity index (χ4n) is 1.42. The minimum atomic E-state index is -0.373. The summed E-state index contributed by atoms with van der Waals surface area (Å²) in [5, 5.41) is 2.77. The van der Waals surface area contributed by atoms with E-state index in [9.17, 15) is 14.0 Å². The molecule has 6 heteroatoms. The lowest BCUT2D eigenvalue weighted by molar-refractivity contribution is -0.120. The van der Waals surface area contributed by atoms with Gasteiger partial charge in [0, 0.05) is 18.7 Å². The predicted molar refractivity (Wildman–Crippen MR) is 74.3 cm³/mol. The van der Waals surface area contributed by atoms with Gasteiger partial charge in [-0.25, -0.2) is 4.39 Å². The second kappa shape index (κ2) is 8.53. The van der Waals surface area contributed by atoms with Gasteiger partial charge in [-0.3, -0.25) is 9.59 Å². The maximum Gasteiger partial charge on any atom is 0.227 e. The van der Waals surface area contributed by atoms with E-state index in [0.29, 0.717) is 25.1 Å². The molecular weight excluding hydrogens is 267 g/mol. The number of thioether (sulfide) groups is 1. The summed E-state index contributed by atoms with van der Waals surface area (Å²) < 4.78 is 12.7. The average Bonchev–Trinajstić information content (AvgIpc) is 2.37. The van der Waals surface area contributed by atoms with E-state index in [4.69, 9.17) is 5.73 Å². The Kier molecular flexibility index (Phi) is 6.95. The molecule has 19 heavy (non-hydrogen) atoms. The predicted octanol–water partition coefficient (Wildman–Crippen LogP) is 1.09. The zero-order valence-electron chi connectivity index (χ0n) is 10.5. The number of benzene rings is 1. The van der Waals surface area contributed by atoms with Crippen LogP contribution in [-0.4, -0.2) is 29.9 Å². The number of rotatable bonds is 8. The molecule has 0 bridgehead atoms. The third-order valence-electron chi connectivity index (χ3n) is 2.37. The van der Waals surface area contributed by atoms with Crippen LogP contribution in [0.2, 0.25) is 0 Å². The number of halogens is 1. The Morgan fingerprint density at radius 3 is 2.58 bits per heavy atom. The molecule has 0 aromatic heterocycles. The number of carbonyl (C=O) groups is 2. The summed E-state index contributed by atoms with van der Waals surface area (Å²) >= 11 is 1.34. The highest BCUT2D eigenvalue weighted by Gasteiger charge is 2.02. The van der Waals surface area contributed by atoms with Gasteiger partial charge in [0.05, 0.1) is 5.75 Å². The molecule has 0 radical (unpaired) electrons. The molecule has 0 saturated heterocycles. The van der Waals surface area contributed by atoms with E-state index in [1.807, 2.05) is 0 Å². The number of nitrogens with two attached hydrogens (primary N) is 1. The van der Waals surface area contributed by atoms with Crippen LogP contribution in [0.1, 0.15) is 12.0 Å². The molecule has 0 heterocycles. The van der Waals surface area contributed by atoms with Crippen LogP contribution in [0.3, 0.4) is 0 Å². The zero-order valence-corrected chi connectivity index (χ0v) is 11.3. The Bertz CT molecular complexity index is 423. The summed E-state index contributed by atoms with van der Waals surface area (Å²) in [6, 6.07) is 6.20. The van der Waals surface area contributed by atoms with Gasteiger partial charge in [0.25, 0.3) is 0 Å².